The Labute approximate surface area is 90.1 Å². The van der Waals surface area contributed by atoms with E-state index in [0.29, 0.717) is 22.1 Å². The molecule has 14 heavy (non-hydrogen) atoms. The van der Waals surface area contributed by atoms with Crippen molar-refractivity contribution in [2.45, 2.75) is 6.92 Å². The fraction of sp³-hybridized carbons (Fsp3) is 0.200. The van der Waals surface area contributed by atoms with Crippen LogP contribution in [-0.4, -0.2) is 6.61 Å². The van der Waals surface area contributed by atoms with Gasteiger partial charge in [-0.2, -0.15) is 0 Å². The van der Waals surface area contributed by atoms with Gasteiger partial charge in [-0.1, -0.05) is 11.6 Å². The number of hydrogen-bond acceptors (Lipinski definition) is 2. The molecule has 2 aromatic rings. The van der Waals surface area contributed by atoms with E-state index in [1.807, 2.05) is 6.92 Å². The molecule has 0 atom stereocenters. The predicted octanol–water partition coefficient (Wildman–Crippen LogP) is 4.09. The van der Waals surface area contributed by atoms with Crippen LogP contribution >= 0.6 is 22.9 Å². The molecule has 0 aliphatic rings. The predicted molar refractivity (Wildman–Crippen MR) is 58.0 cm³/mol. The van der Waals surface area contributed by atoms with Crippen molar-refractivity contribution in [2.24, 2.45) is 0 Å². The fourth-order valence-corrected chi connectivity index (χ4v) is 2.39. The van der Waals surface area contributed by atoms with Crippen LogP contribution in [0.25, 0.3) is 10.1 Å². The van der Waals surface area contributed by atoms with E-state index in [2.05, 4.69) is 0 Å². The zero-order valence-electron chi connectivity index (χ0n) is 7.51. The van der Waals surface area contributed by atoms with Gasteiger partial charge in [0.05, 0.1) is 11.3 Å². The number of rotatable bonds is 2. The molecular weight excluding hydrogens is 223 g/mol. The van der Waals surface area contributed by atoms with E-state index in [-0.39, 0.29) is 5.82 Å². The maximum Gasteiger partial charge on any atom is 0.142 e. The molecule has 2 rings (SSSR count). The molecule has 1 aromatic heterocycles. The molecule has 1 heterocycles. The standard InChI is InChI=1S/C10H8ClFOS/c1-2-13-9-5-14-10-7(9)3-6(11)4-8(10)12/h3-5H,2H2,1H3. The third kappa shape index (κ3) is 1.57. The Balaban J connectivity index is 2.66. The summed E-state index contributed by atoms with van der Waals surface area (Å²) in [7, 11) is 0. The number of benzene rings is 1. The normalized spacial score (nSPS) is 10.8. The van der Waals surface area contributed by atoms with Crippen LogP contribution in [-0.2, 0) is 0 Å². The molecule has 0 fully saturated rings. The highest BCUT2D eigenvalue weighted by molar-refractivity contribution is 7.17. The third-order valence-corrected chi connectivity index (χ3v) is 3.06. The minimum Gasteiger partial charge on any atom is -0.492 e. The van der Waals surface area contributed by atoms with Gasteiger partial charge in [0.25, 0.3) is 0 Å². The highest BCUT2D eigenvalue weighted by atomic mass is 35.5. The average molecular weight is 231 g/mol. The molecule has 0 saturated carbocycles. The van der Waals surface area contributed by atoms with Gasteiger partial charge in [-0.05, 0) is 19.1 Å². The lowest BCUT2D eigenvalue weighted by atomic mass is 10.2. The van der Waals surface area contributed by atoms with Crippen molar-refractivity contribution in [3.63, 3.8) is 0 Å². The number of fused-ring (bicyclic) bond motifs is 1. The molecular formula is C10H8ClFOS. The molecule has 0 saturated heterocycles. The minimum absolute atomic E-state index is 0.288. The Morgan fingerprint density at radius 2 is 2.29 bits per heavy atom. The fourth-order valence-electron chi connectivity index (χ4n) is 1.31. The second-order valence-electron chi connectivity index (χ2n) is 2.80. The SMILES string of the molecule is CCOc1csc2c(F)cc(Cl)cc12. The van der Waals surface area contributed by atoms with Gasteiger partial charge in [0.2, 0.25) is 0 Å². The van der Waals surface area contributed by atoms with E-state index in [4.69, 9.17) is 16.3 Å². The molecule has 74 valence electrons. The highest BCUT2D eigenvalue weighted by Gasteiger charge is 2.10. The van der Waals surface area contributed by atoms with E-state index in [1.54, 1.807) is 11.4 Å². The van der Waals surface area contributed by atoms with Gasteiger partial charge in [0.1, 0.15) is 11.6 Å². The van der Waals surface area contributed by atoms with Crippen molar-refractivity contribution in [1.82, 2.24) is 0 Å². The van der Waals surface area contributed by atoms with Crippen molar-refractivity contribution in [2.75, 3.05) is 6.61 Å². The summed E-state index contributed by atoms with van der Waals surface area (Å²) in [5.74, 6) is 0.414. The molecule has 0 aliphatic heterocycles. The molecule has 0 N–H and O–H groups in total. The van der Waals surface area contributed by atoms with Crippen molar-refractivity contribution in [3.05, 3.63) is 28.4 Å². The van der Waals surface area contributed by atoms with Crippen molar-refractivity contribution >= 4 is 33.0 Å². The van der Waals surface area contributed by atoms with Crippen LogP contribution in [0.1, 0.15) is 6.92 Å². The third-order valence-electron chi connectivity index (χ3n) is 1.86. The Hall–Kier alpha value is -0.800. The number of halogens is 2. The maximum absolute atomic E-state index is 13.4. The molecule has 4 heteroatoms. The van der Waals surface area contributed by atoms with Gasteiger partial charge >= 0.3 is 0 Å². The highest BCUT2D eigenvalue weighted by Crippen LogP contribution is 2.35. The van der Waals surface area contributed by atoms with Crippen molar-refractivity contribution < 1.29 is 9.13 Å². The number of hydrogen-bond donors (Lipinski definition) is 0. The molecule has 1 aromatic carbocycles. The summed E-state index contributed by atoms with van der Waals surface area (Å²) in [6.45, 7) is 2.46. The molecule has 0 unspecified atom stereocenters. The first-order valence-corrected chi connectivity index (χ1v) is 5.47. The van der Waals surface area contributed by atoms with Crippen LogP contribution in [0.15, 0.2) is 17.5 Å². The zero-order chi connectivity index (χ0) is 10.1. The second kappa shape index (κ2) is 3.75. The average Bonchev–Trinajstić information content (AvgIpc) is 2.49. The molecule has 0 amide bonds. The summed E-state index contributed by atoms with van der Waals surface area (Å²) in [6, 6.07) is 3.04. The first-order chi connectivity index (χ1) is 6.72. The van der Waals surface area contributed by atoms with Crippen molar-refractivity contribution in [1.29, 1.82) is 0 Å². The lowest BCUT2D eigenvalue weighted by Crippen LogP contribution is -1.89. The molecule has 0 aliphatic carbocycles. The quantitative estimate of drug-likeness (QED) is 0.755. The summed E-state index contributed by atoms with van der Waals surface area (Å²) in [5.41, 5.74) is 0. The topological polar surface area (TPSA) is 9.23 Å². The summed E-state index contributed by atoms with van der Waals surface area (Å²) < 4.78 is 19.3. The maximum atomic E-state index is 13.4. The van der Waals surface area contributed by atoms with Gasteiger partial charge in [-0.25, -0.2) is 4.39 Å². The Bertz CT molecular complexity index is 466. The van der Waals surface area contributed by atoms with Gasteiger partial charge in [0.15, 0.2) is 0 Å². The van der Waals surface area contributed by atoms with Crippen molar-refractivity contribution in [3.8, 4) is 5.75 Å². The monoisotopic (exact) mass is 230 g/mol. The summed E-state index contributed by atoms with van der Waals surface area (Å²) in [4.78, 5) is 0. The largest absolute Gasteiger partial charge is 0.492 e. The molecule has 0 radical (unpaired) electrons. The van der Waals surface area contributed by atoms with Crippen LogP contribution in [0, 0.1) is 5.82 Å². The summed E-state index contributed by atoms with van der Waals surface area (Å²) in [5, 5.41) is 2.95. The summed E-state index contributed by atoms with van der Waals surface area (Å²) >= 11 is 7.09. The molecule has 0 bridgehead atoms. The van der Waals surface area contributed by atoms with E-state index < -0.39 is 0 Å². The van der Waals surface area contributed by atoms with Crippen LogP contribution < -0.4 is 4.74 Å². The Kier molecular flexibility index (Phi) is 2.61. The van der Waals surface area contributed by atoms with E-state index in [9.17, 15) is 4.39 Å². The van der Waals surface area contributed by atoms with Gasteiger partial charge in [0, 0.05) is 15.8 Å². The smallest absolute Gasteiger partial charge is 0.142 e. The first kappa shape index (κ1) is 9.74. The van der Waals surface area contributed by atoms with Crippen LogP contribution in [0.4, 0.5) is 4.39 Å². The van der Waals surface area contributed by atoms with Crippen LogP contribution in [0.5, 0.6) is 5.75 Å². The first-order valence-electron chi connectivity index (χ1n) is 4.21. The van der Waals surface area contributed by atoms with E-state index in [0.717, 1.165) is 5.39 Å². The van der Waals surface area contributed by atoms with Gasteiger partial charge in [-0.15, -0.1) is 11.3 Å². The van der Waals surface area contributed by atoms with Crippen LogP contribution in [0.3, 0.4) is 0 Å². The second-order valence-corrected chi connectivity index (χ2v) is 4.11. The minimum atomic E-state index is -0.288. The summed E-state index contributed by atoms with van der Waals surface area (Å²) in [6.07, 6.45) is 0. The van der Waals surface area contributed by atoms with E-state index >= 15 is 0 Å². The lowest BCUT2D eigenvalue weighted by Gasteiger charge is -2.00. The van der Waals surface area contributed by atoms with Crippen LogP contribution in [0.2, 0.25) is 5.02 Å². The van der Waals surface area contributed by atoms with Gasteiger partial charge in [-0.3, -0.25) is 0 Å². The lowest BCUT2D eigenvalue weighted by molar-refractivity contribution is 0.345. The van der Waals surface area contributed by atoms with Gasteiger partial charge < -0.3 is 4.74 Å². The molecule has 1 nitrogen and oxygen atoms in total. The number of thiophene rings is 1. The number of ether oxygens (including phenoxy) is 1. The van der Waals surface area contributed by atoms with E-state index in [1.165, 1.54) is 17.4 Å². The Morgan fingerprint density at radius 3 is 3.00 bits per heavy atom. The zero-order valence-corrected chi connectivity index (χ0v) is 9.08. The Morgan fingerprint density at radius 1 is 1.50 bits per heavy atom. The molecule has 0 spiro atoms.